The standard InChI is InChI=1S/C13H19N3O3S/c1-8-3-4-16(11(5-8)12(17)18)13(19)15-7-10-6-14-9(2)20-10/h6,8,11H,3-5,7H2,1-2H3,(H,15,19)(H,17,18). The molecule has 2 amide bonds. The normalized spacial score (nSPS) is 22.6. The van der Waals surface area contributed by atoms with Gasteiger partial charge in [-0.3, -0.25) is 0 Å². The van der Waals surface area contributed by atoms with Crippen molar-refractivity contribution in [3.8, 4) is 0 Å². The van der Waals surface area contributed by atoms with E-state index in [2.05, 4.69) is 10.3 Å². The minimum atomic E-state index is -0.930. The monoisotopic (exact) mass is 297 g/mol. The number of rotatable bonds is 3. The van der Waals surface area contributed by atoms with Gasteiger partial charge in [-0.1, -0.05) is 6.92 Å². The van der Waals surface area contributed by atoms with Crippen LogP contribution in [-0.4, -0.2) is 39.6 Å². The van der Waals surface area contributed by atoms with E-state index in [0.29, 0.717) is 25.4 Å². The molecular weight excluding hydrogens is 278 g/mol. The van der Waals surface area contributed by atoms with Crippen LogP contribution in [0.2, 0.25) is 0 Å². The SMILES string of the molecule is Cc1ncc(CNC(=O)N2CCC(C)CC2C(=O)O)s1. The molecule has 0 spiro atoms. The summed E-state index contributed by atoms with van der Waals surface area (Å²) in [5.41, 5.74) is 0. The molecule has 0 aromatic carbocycles. The van der Waals surface area contributed by atoms with Crippen molar-refractivity contribution in [1.82, 2.24) is 15.2 Å². The van der Waals surface area contributed by atoms with E-state index in [-0.39, 0.29) is 6.03 Å². The summed E-state index contributed by atoms with van der Waals surface area (Å²) in [6.07, 6.45) is 3.09. The predicted octanol–water partition coefficient (Wildman–Crippen LogP) is 1.85. The third-order valence-electron chi connectivity index (χ3n) is 3.49. The number of nitrogens with zero attached hydrogens (tertiary/aromatic N) is 2. The highest BCUT2D eigenvalue weighted by atomic mass is 32.1. The smallest absolute Gasteiger partial charge is 0.326 e. The van der Waals surface area contributed by atoms with Gasteiger partial charge in [0.25, 0.3) is 0 Å². The first kappa shape index (κ1) is 14.8. The largest absolute Gasteiger partial charge is 0.480 e. The summed E-state index contributed by atoms with van der Waals surface area (Å²) in [4.78, 5) is 29.9. The van der Waals surface area contributed by atoms with Gasteiger partial charge >= 0.3 is 12.0 Å². The Morgan fingerprint density at radius 1 is 1.60 bits per heavy atom. The van der Waals surface area contributed by atoms with Gasteiger partial charge in [-0.2, -0.15) is 0 Å². The Labute approximate surface area is 121 Å². The van der Waals surface area contributed by atoms with Crippen LogP contribution in [0.4, 0.5) is 4.79 Å². The average molecular weight is 297 g/mol. The third-order valence-corrected chi connectivity index (χ3v) is 4.41. The highest BCUT2D eigenvalue weighted by molar-refractivity contribution is 7.11. The van der Waals surface area contributed by atoms with Gasteiger partial charge in [-0.05, 0) is 25.7 Å². The molecule has 2 heterocycles. The van der Waals surface area contributed by atoms with Gasteiger partial charge in [0, 0.05) is 17.6 Å². The Morgan fingerprint density at radius 2 is 2.35 bits per heavy atom. The molecule has 1 aromatic heterocycles. The molecule has 110 valence electrons. The number of thiazole rings is 1. The number of nitrogens with one attached hydrogen (secondary N) is 1. The predicted molar refractivity (Wildman–Crippen MR) is 75.6 cm³/mol. The fraction of sp³-hybridized carbons (Fsp3) is 0.615. The second-order valence-corrected chi connectivity index (χ2v) is 6.50. The summed E-state index contributed by atoms with van der Waals surface area (Å²) >= 11 is 1.52. The van der Waals surface area contributed by atoms with Crippen molar-refractivity contribution in [3.63, 3.8) is 0 Å². The van der Waals surface area contributed by atoms with Gasteiger partial charge in [0.15, 0.2) is 0 Å². The summed E-state index contributed by atoms with van der Waals surface area (Å²) in [5.74, 6) is -0.593. The second-order valence-electron chi connectivity index (χ2n) is 5.18. The molecular formula is C13H19N3O3S. The lowest BCUT2D eigenvalue weighted by atomic mass is 9.93. The molecule has 7 heteroatoms. The first-order valence-electron chi connectivity index (χ1n) is 6.66. The van der Waals surface area contributed by atoms with Crippen LogP contribution < -0.4 is 5.32 Å². The van der Waals surface area contributed by atoms with E-state index >= 15 is 0 Å². The van der Waals surface area contributed by atoms with Gasteiger partial charge < -0.3 is 15.3 Å². The van der Waals surface area contributed by atoms with Crippen LogP contribution in [0.5, 0.6) is 0 Å². The lowest BCUT2D eigenvalue weighted by Gasteiger charge is -2.35. The van der Waals surface area contributed by atoms with Crippen LogP contribution in [0.25, 0.3) is 0 Å². The number of carboxylic acid groups (broad SMARTS) is 1. The van der Waals surface area contributed by atoms with E-state index in [0.717, 1.165) is 16.3 Å². The van der Waals surface area contributed by atoms with Crippen molar-refractivity contribution in [2.75, 3.05) is 6.54 Å². The second kappa shape index (κ2) is 6.21. The Morgan fingerprint density at radius 3 is 2.95 bits per heavy atom. The minimum absolute atomic E-state index is 0.310. The number of carboxylic acids is 1. The zero-order valence-electron chi connectivity index (χ0n) is 11.6. The molecule has 1 fully saturated rings. The van der Waals surface area contributed by atoms with Crippen molar-refractivity contribution >= 4 is 23.3 Å². The highest BCUT2D eigenvalue weighted by Crippen LogP contribution is 2.23. The summed E-state index contributed by atoms with van der Waals surface area (Å²) in [6, 6.07) is -1.03. The number of aromatic nitrogens is 1. The number of piperidine rings is 1. The summed E-state index contributed by atoms with van der Waals surface area (Å²) in [7, 11) is 0. The van der Waals surface area contributed by atoms with Crippen molar-refractivity contribution in [1.29, 1.82) is 0 Å². The summed E-state index contributed by atoms with van der Waals surface area (Å²) in [5, 5.41) is 13.0. The number of carbonyl (C=O) groups is 2. The molecule has 0 radical (unpaired) electrons. The maximum Gasteiger partial charge on any atom is 0.326 e. The fourth-order valence-corrected chi connectivity index (χ4v) is 3.10. The van der Waals surface area contributed by atoms with Gasteiger partial charge in [-0.15, -0.1) is 11.3 Å². The number of aliphatic carboxylic acids is 1. The van der Waals surface area contributed by atoms with Gasteiger partial charge in [0.2, 0.25) is 0 Å². The molecule has 0 bridgehead atoms. The van der Waals surface area contributed by atoms with E-state index in [4.69, 9.17) is 0 Å². The van der Waals surface area contributed by atoms with Gasteiger partial charge in [-0.25, -0.2) is 14.6 Å². The number of carbonyl (C=O) groups excluding carboxylic acids is 1. The molecule has 6 nitrogen and oxygen atoms in total. The van der Waals surface area contributed by atoms with Crippen molar-refractivity contribution in [2.24, 2.45) is 5.92 Å². The first-order chi connectivity index (χ1) is 9.47. The maximum absolute atomic E-state index is 12.1. The molecule has 2 unspecified atom stereocenters. The molecule has 2 atom stereocenters. The number of urea groups is 1. The van der Waals surface area contributed by atoms with Crippen molar-refractivity contribution < 1.29 is 14.7 Å². The van der Waals surface area contributed by atoms with E-state index in [1.54, 1.807) is 6.20 Å². The van der Waals surface area contributed by atoms with Crippen molar-refractivity contribution in [3.05, 3.63) is 16.1 Å². The lowest BCUT2D eigenvalue weighted by Crippen LogP contribution is -2.53. The highest BCUT2D eigenvalue weighted by Gasteiger charge is 2.34. The van der Waals surface area contributed by atoms with E-state index in [9.17, 15) is 14.7 Å². The van der Waals surface area contributed by atoms with Crippen LogP contribution in [-0.2, 0) is 11.3 Å². The molecule has 1 aromatic rings. The Balaban J connectivity index is 1.94. The van der Waals surface area contributed by atoms with Crippen LogP contribution >= 0.6 is 11.3 Å². The van der Waals surface area contributed by atoms with Crippen LogP contribution in [0.15, 0.2) is 6.20 Å². The zero-order valence-corrected chi connectivity index (χ0v) is 12.4. The number of likely N-dealkylation sites (tertiary alicyclic amines) is 1. The molecule has 0 aliphatic carbocycles. The number of hydrogen-bond donors (Lipinski definition) is 2. The number of aryl methyl sites for hydroxylation is 1. The molecule has 2 rings (SSSR count). The molecule has 2 N–H and O–H groups in total. The van der Waals surface area contributed by atoms with E-state index in [1.807, 2.05) is 13.8 Å². The molecule has 1 saturated heterocycles. The average Bonchev–Trinajstić information content (AvgIpc) is 2.81. The first-order valence-corrected chi connectivity index (χ1v) is 7.47. The van der Waals surface area contributed by atoms with E-state index in [1.165, 1.54) is 16.2 Å². The quantitative estimate of drug-likeness (QED) is 0.892. The maximum atomic E-state index is 12.1. The third kappa shape index (κ3) is 3.47. The Kier molecular flexibility index (Phi) is 4.59. The summed E-state index contributed by atoms with van der Waals surface area (Å²) < 4.78 is 0. The number of hydrogen-bond acceptors (Lipinski definition) is 4. The van der Waals surface area contributed by atoms with Crippen LogP contribution in [0, 0.1) is 12.8 Å². The van der Waals surface area contributed by atoms with Crippen LogP contribution in [0.1, 0.15) is 29.7 Å². The molecule has 1 aliphatic heterocycles. The van der Waals surface area contributed by atoms with Crippen LogP contribution in [0.3, 0.4) is 0 Å². The summed E-state index contributed by atoms with van der Waals surface area (Å²) in [6.45, 7) is 4.81. The molecule has 0 saturated carbocycles. The van der Waals surface area contributed by atoms with Gasteiger partial charge in [0.05, 0.1) is 11.6 Å². The van der Waals surface area contributed by atoms with E-state index < -0.39 is 12.0 Å². The minimum Gasteiger partial charge on any atom is -0.480 e. The van der Waals surface area contributed by atoms with Crippen molar-refractivity contribution in [2.45, 2.75) is 39.3 Å². The van der Waals surface area contributed by atoms with Gasteiger partial charge in [0.1, 0.15) is 6.04 Å². The fourth-order valence-electron chi connectivity index (χ4n) is 2.37. The molecule has 20 heavy (non-hydrogen) atoms. The molecule has 1 aliphatic rings. The Hall–Kier alpha value is -1.63. The Bertz CT molecular complexity index is 503. The zero-order chi connectivity index (χ0) is 14.7. The topological polar surface area (TPSA) is 82.5 Å². The number of amides is 2. The lowest BCUT2D eigenvalue weighted by molar-refractivity contribution is -0.143.